The van der Waals surface area contributed by atoms with E-state index in [1.54, 1.807) is 50.6 Å². The molecule has 1 aliphatic carbocycles. The molecule has 41 heavy (non-hydrogen) atoms. The number of benzene rings is 4. The lowest BCUT2D eigenvalue weighted by Crippen LogP contribution is -2.42. The summed E-state index contributed by atoms with van der Waals surface area (Å²) in [7, 11) is 3.16. The van der Waals surface area contributed by atoms with Crippen LogP contribution < -0.4 is 19.5 Å². The van der Waals surface area contributed by atoms with Gasteiger partial charge in [0.05, 0.1) is 14.2 Å². The van der Waals surface area contributed by atoms with E-state index in [4.69, 9.17) is 18.9 Å². The van der Waals surface area contributed by atoms with Gasteiger partial charge in [-0.3, -0.25) is 0 Å². The fraction of sp³-hybridized carbons (Fsp3) is 0.212. The first-order valence-electron chi connectivity index (χ1n) is 13.2. The van der Waals surface area contributed by atoms with E-state index in [0.717, 1.165) is 33.6 Å². The summed E-state index contributed by atoms with van der Waals surface area (Å²) in [5, 5.41) is 12.4. The van der Waals surface area contributed by atoms with Gasteiger partial charge in [-0.15, -0.1) is 0 Å². The molecular formula is C33H31NO7. The second kappa shape index (κ2) is 12.5. The number of ether oxygens (including phenoxy) is 4. The van der Waals surface area contributed by atoms with Crippen molar-refractivity contribution in [3.8, 4) is 28.4 Å². The third-order valence-electron chi connectivity index (χ3n) is 7.17. The number of alkyl carbamates (subject to hydrolysis) is 1. The first kappa shape index (κ1) is 27.6. The van der Waals surface area contributed by atoms with E-state index < -0.39 is 18.1 Å². The quantitative estimate of drug-likeness (QED) is 0.241. The first-order chi connectivity index (χ1) is 20.0. The number of amides is 1. The van der Waals surface area contributed by atoms with Crippen molar-refractivity contribution in [1.82, 2.24) is 5.32 Å². The van der Waals surface area contributed by atoms with E-state index in [2.05, 4.69) is 17.4 Å². The maximum absolute atomic E-state index is 12.8. The summed E-state index contributed by atoms with van der Waals surface area (Å²) < 4.78 is 22.1. The van der Waals surface area contributed by atoms with Crippen LogP contribution in [0.2, 0.25) is 0 Å². The molecule has 0 fully saturated rings. The van der Waals surface area contributed by atoms with Crippen molar-refractivity contribution < 1.29 is 33.6 Å². The van der Waals surface area contributed by atoms with Crippen LogP contribution in [0.4, 0.5) is 4.79 Å². The van der Waals surface area contributed by atoms with Gasteiger partial charge in [-0.1, -0.05) is 54.6 Å². The first-order valence-corrected chi connectivity index (χ1v) is 13.2. The Labute approximate surface area is 238 Å². The van der Waals surface area contributed by atoms with E-state index in [0.29, 0.717) is 17.1 Å². The zero-order chi connectivity index (χ0) is 28.8. The number of carbonyl (C=O) groups is 2. The molecule has 0 saturated carbocycles. The molecule has 8 nitrogen and oxygen atoms in total. The SMILES string of the molecule is COc1ccc(OCc2cc(CC(NC(=O)OCC3c4ccccc4-c4ccccc43)C(=O)O)ccc2OC)cc1. The molecular weight excluding hydrogens is 522 g/mol. The van der Waals surface area contributed by atoms with Crippen LogP contribution in [0.1, 0.15) is 28.2 Å². The highest BCUT2D eigenvalue weighted by molar-refractivity contribution is 5.81. The predicted molar refractivity (Wildman–Crippen MR) is 154 cm³/mol. The standard InChI is InChI=1S/C33H31NO7/c1-38-23-12-14-24(15-13-23)40-19-22-17-21(11-16-31(22)39-2)18-30(32(35)36)34-33(37)41-20-29-27-9-5-3-7-25(27)26-8-4-6-10-28(26)29/h3-17,29-30H,18-20H2,1-2H3,(H,34,37)(H,35,36). The normalized spacial score (nSPS) is 12.5. The van der Waals surface area contributed by atoms with Gasteiger partial charge in [0, 0.05) is 17.9 Å². The molecule has 0 spiro atoms. The highest BCUT2D eigenvalue weighted by atomic mass is 16.5. The van der Waals surface area contributed by atoms with Crippen molar-refractivity contribution in [3.63, 3.8) is 0 Å². The van der Waals surface area contributed by atoms with Crippen LogP contribution in [-0.4, -0.2) is 44.0 Å². The minimum absolute atomic E-state index is 0.0546. The Morgan fingerprint density at radius 1 is 0.829 bits per heavy atom. The summed E-state index contributed by atoms with van der Waals surface area (Å²) in [4.78, 5) is 24.8. The van der Waals surface area contributed by atoms with E-state index in [1.165, 1.54) is 0 Å². The monoisotopic (exact) mass is 553 g/mol. The zero-order valence-electron chi connectivity index (χ0n) is 22.8. The Bertz CT molecular complexity index is 1490. The molecule has 0 radical (unpaired) electrons. The Balaban J connectivity index is 1.22. The van der Waals surface area contributed by atoms with E-state index in [-0.39, 0.29) is 25.6 Å². The number of hydrogen-bond donors (Lipinski definition) is 2. The minimum Gasteiger partial charge on any atom is -0.497 e. The lowest BCUT2D eigenvalue weighted by Gasteiger charge is -2.18. The van der Waals surface area contributed by atoms with Gasteiger partial charge >= 0.3 is 12.1 Å². The van der Waals surface area contributed by atoms with Crippen molar-refractivity contribution in [2.45, 2.75) is 25.0 Å². The lowest BCUT2D eigenvalue weighted by atomic mass is 9.98. The largest absolute Gasteiger partial charge is 0.497 e. The van der Waals surface area contributed by atoms with Gasteiger partial charge in [0.1, 0.15) is 36.5 Å². The van der Waals surface area contributed by atoms with Crippen LogP contribution in [-0.2, 0) is 22.6 Å². The number of aliphatic carboxylic acids is 1. The van der Waals surface area contributed by atoms with Crippen molar-refractivity contribution in [3.05, 3.63) is 113 Å². The fourth-order valence-corrected chi connectivity index (χ4v) is 5.12. The molecule has 1 unspecified atom stereocenters. The number of fused-ring (bicyclic) bond motifs is 3. The summed E-state index contributed by atoms with van der Waals surface area (Å²) in [5.74, 6) is 0.703. The molecule has 0 bridgehead atoms. The maximum atomic E-state index is 12.8. The number of hydrogen-bond acceptors (Lipinski definition) is 6. The molecule has 1 atom stereocenters. The highest BCUT2D eigenvalue weighted by Crippen LogP contribution is 2.44. The molecule has 0 heterocycles. The third kappa shape index (κ3) is 6.27. The average Bonchev–Trinajstić information content (AvgIpc) is 3.32. The van der Waals surface area contributed by atoms with Crippen LogP contribution >= 0.6 is 0 Å². The number of nitrogens with one attached hydrogen (secondary N) is 1. The summed E-state index contributed by atoms with van der Waals surface area (Å²) in [6, 6.07) is 27.4. The van der Waals surface area contributed by atoms with Crippen molar-refractivity contribution in [1.29, 1.82) is 0 Å². The number of methoxy groups -OCH3 is 2. The summed E-state index contributed by atoms with van der Waals surface area (Å²) >= 11 is 0. The molecule has 5 rings (SSSR count). The molecule has 4 aromatic carbocycles. The van der Waals surface area contributed by atoms with Gasteiger partial charge in [-0.2, -0.15) is 0 Å². The molecule has 4 aromatic rings. The lowest BCUT2D eigenvalue weighted by molar-refractivity contribution is -0.139. The number of rotatable bonds is 11. The molecule has 0 saturated heterocycles. The third-order valence-corrected chi connectivity index (χ3v) is 7.17. The van der Waals surface area contributed by atoms with E-state index in [9.17, 15) is 14.7 Å². The Morgan fingerprint density at radius 3 is 2.07 bits per heavy atom. The van der Waals surface area contributed by atoms with Crippen LogP contribution in [0.5, 0.6) is 17.2 Å². The molecule has 210 valence electrons. The summed E-state index contributed by atoms with van der Waals surface area (Å²) in [6.45, 7) is 0.308. The smallest absolute Gasteiger partial charge is 0.407 e. The second-order valence-corrected chi connectivity index (χ2v) is 9.68. The van der Waals surface area contributed by atoms with Gasteiger partial charge in [-0.25, -0.2) is 9.59 Å². The number of carboxylic acid groups (broad SMARTS) is 1. The van der Waals surface area contributed by atoms with Crippen LogP contribution in [0, 0.1) is 0 Å². The predicted octanol–water partition coefficient (Wildman–Crippen LogP) is 5.82. The summed E-state index contributed by atoms with van der Waals surface area (Å²) in [5.41, 5.74) is 5.84. The van der Waals surface area contributed by atoms with Crippen molar-refractivity contribution >= 4 is 12.1 Å². The van der Waals surface area contributed by atoms with Crippen molar-refractivity contribution in [2.75, 3.05) is 20.8 Å². The average molecular weight is 554 g/mol. The maximum Gasteiger partial charge on any atom is 0.407 e. The fourth-order valence-electron chi connectivity index (χ4n) is 5.12. The second-order valence-electron chi connectivity index (χ2n) is 9.68. The van der Waals surface area contributed by atoms with Crippen LogP contribution in [0.25, 0.3) is 11.1 Å². The van der Waals surface area contributed by atoms with Gasteiger partial charge in [-0.05, 0) is 64.2 Å². The zero-order valence-corrected chi connectivity index (χ0v) is 22.8. The number of carboxylic acids is 1. The van der Waals surface area contributed by atoms with E-state index in [1.807, 2.05) is 42.5 Å². The Hall–Kier alpha value is -4.98. The Kier molecular flexibility index (Phi) is 8.39. The van der Waals surface area contributed by atoms with Crippen LogP contribution in [0.15, 0.2) is 91.0 Å². The van der Waals surface area contributed by atoms with Gasteiger partial charge in [0.15, 0.2) is 0 Å². The molecule has 0 aromatic heterocycles. The molecule has 0 aliphatic heterocycles. The van der Waals surface area contributed by atoms with Gasteiger partial charge < -0.3 is 29.4 Å². The Morgan fingerprint density at radius 2 is 1.46 bits per heavy atom. The van der Waals surface area contributed by atoms with Crippen LogP contribution in [0.3, 0.4) is 0 Å². The number of carbonyl (C=O) groups excluding carboxylic acids is 1. The molecule has 8 heteroatoms. The molecule has 1 amide bonds. The molecule has 1 aliphatic rings. The van der Waals surface area contributed by atoms with Gasteiger partial charge in [0.2, 0.25) is 0 Å². The summed E-state index contributed by atoms with van der Waals surface area (Å²) in [6.07, 6.45) is -0.727. The minimum atomic E-state index is -1.19. The van der Waals surface area contributed by atoms with Crippen molar-refractivity contribution in [2.24, 2.45) is 0 Å². The van der Waals surface area contributed by atoms with E-state index >= 15 is 0 Å². The highest BCUT2D eigenvalue weighted by Gasteiger charge is 2.30. The molecule has 2 N–H and O–H groups in total. The topological polar surface area (TPSA) is 103 Å². The van der Waals surface area contributed by atoms with Gasteiger partial charge in [0.25, 0.3) is 0 Å².